The van der Waals surface area contributed by atoms with Crippen LogP contribution in [0.4, 0.5) is 5.69 Å². The molecule has 0 saturated carbocycles. The minimum Gasteiger partial charge on any atom is -0.357 e. The third-order valence-electron chi connectivity index (χ3n) is 3.38. The fourth-order valence-electron chi connectivity index (χ4n) is 2.37. The van der Waals surface area contributed by atoms with Crippen LogP contribution in [0.15, 0.2) is 18.2 Å². The monoisotopic (exact) mass is 280 g/mol. The predicted octanol–water partition coefficient (Wildman–Crippen LogP) is 2.26. The van der Waals surface area contributed by atoms with Crippen molar-refractivity contribution in [2.75, 3.05) is 18.0 Å². The van der Waals surface area contributed by atoms with Crippen LogP contribution in [-0.4, -0.2) is 30.8 Å². The number of Topliss-reactive ketones (excluding diaryl/α,β-unsaturated/α-hetero) is 1. The summed E-state index contributed by atoms with van der Waals surface area (Å²) in [4.78, 5) is 25.2. The zero-order valence-electron chi connectivity index (χ0n) is 11.1. The summed E-state index contributed by atoms with van der Waals surface area (Å²) in [6, 6.07) is 5.04. The first-order valence-corrected chi connectivity index (χ1v) is 6.77. The Bertz CT molecular complexity index is 516. The van der Waals surface area contributed by atoms with Crippen LogP contribution >= 0.6 is 11.6 Å². The van der Waals surface area contributed by atoms with Gasteiger partial charge in [-0.05, 0) is 31.5 Å². The zero-order valence-corrected chi connectivity index (χ0v) is 11.8. The number of halogens is 1. The second-order valence-electron chi connectivity index (χ2n) is 4.63. The maximum absolute atomic E-state index is 11.8. The van der Waals surface area contributed by atoms with E-state index in [1.165, 1.54) is 6.92 Å². The van der Waals surface area contributed by atoms with Crippen molar-refractivity contribution >= 4 is 29.0 Å². The van der Waals surface area contributed by atoms with E-state index in [0.717, 1.165) is 18.7 Å². The van der Waals surface area contributed by atoms with Gasteiger partial charge in [-0.2, -0.15) is 0 Å². The molecule has 19 heavy (non-hydrogen) atoms. The van der Waals surface area contributed by atoms with Crippen molar-refractivity contribution in [1.29, 1.82) is 0 Å². The van der Waals surface area contributed by atoms with Gasteiger partial charge in [0.25, 0.3) is 0 Å². The number of anilines is 1. The number of benzene rings is 1. The van der Waals surface area contributed by atoms with Gasteiger partial charge in [-0.3, -0.25) is 9.59 Å². The highest BCUT2D eigenvalue weighted by molar-refractivity contribution is 6.33. The highest BCUT2D eigenvalue weighted by atomic mass is 35.5. The number of hydrogen-bond donors (Lipinski definition) is 1. The minimum absolute atomic E-state index is 0.0168. The summed E-state index contributed by atoms with van der Waals surface area (Å²) in [5.74, 6) is 0.0114. The molecule has 1 heterocycles. The molecule has 102 valence electrons. The minimum atomic E-state index is -0.200. The number of ketones is 1. The number of carbonyl (C=O) groups excluding carboxylic acids is 2. The van der Waals surface area contributed by atoms with Crippen LogP contribution < -0.4 is 10.2 Å². The first-order chi connectivity index (χ1) is 9.04. The standard InChI is InChI=1S/C14H17ClN2O2/c1-3-12-14(19)16-6-7-17(12)13-5-4-10(9(2)18)8-11(13)15/h4-5,8,12H,3,6-7H2,1-2H3,(H,16,19). The molecule has 1 saturated heterocycles. The lowest BCUT2D eigenvalue weighted by atomic mass is 10.1. The first kappa shape index (κ1) is 13.9. The Morgan fingerprint density at radius 3 is 2.84 bits per heavy atom. The average Bonchev–Trinajstić information content (AvgIpc) is 2.38. The fraction of sp³-hybridized carbons (Fsp3) is 0.429. The first-order valence-electron chi connectivity index (χ1n) is 6.39. The van der Waals surface area contributed by atoms with Crippen molar-refractivity contribution in [3.63, 3.8) is 0 Å². The molecule has 0 radical (unpaired) electrons. The molecule has 0 aliphatic carbocycles. The third kappa shape index (κ3) is 2.73. The van der Waals surface area contributed by atoms with Crippen LogP contribution in [0.2, 0.25) is 5.02 Å². The topological polar surface area (TPSA) is 49.4 Å². The van der Waals surface area contributed by atoms with E-state index < -0.39 is 0 Å². The number of nitrogens with zero attached hydrogens (tertiary/aromatic N) is 1. The van der Waals surface area contributed by atoms with Crippen LogP contribution in [-0.2, 0) is 4.79 Å². The van der Waals surface area contributed by atoms with Gasteiger partial charge in [0, 0.05) is 18.7 Å². The van der Waals surface area contributed by atoms with Gasteiger partial charge in [-0.15, -0.1) is 0 Å². The maximum atomic E-state index is 11.8. The summed E-state index contributed by atoms with van der Waals surface area (Å²) < 4.78 is 0. The number of hydrogen-bond acceptors (Lipinski definition) is 3. The molecule has 1 fully saturated rings. The molecule has 0 spiro atoms. The lowest BCUT2D eigenvalue weighted by Gasteiger charge is -2.36. The molecular weight excluding hydrogens is 264 g/mol. The van der Waals surface area contributed by atoms with Gasteiger partial charge >= 0.3 is 0 Å². The Labute approximate surface area is 117 Å². The van der Waals surface area contributed by atoms with E-state index in [4.69, 9.17) is 11.6 Å². The van der Waals surface area contributed by atoms with Crippen molar-refractivity contribution < 1.29 is 9.59 Å². The van der Waals surface area contributed by atoms with E-state index in [1.807, 2.05) is 17.9 Å². The van der Waals surface area contributed by atoms with E-state index in [0.29, 0.717) is 17.1 Å². The smallest absolute Gasteiger partial charge is 0.242 e. The van der Waals surface area contributed by atoms with E-state index >= 15 is 0 Å². The van der Waals surface area contributed by atoms with Crippen LogP contribution in [0.1, 0.15) is 30.6 Å². The molecule has 2 rings (SSSR count). The highest BCUT2D eigenvalue weighted by Crippen LogP contribution is 2.30. The van der Waals surface area contributed by atoms with Crippen LogP contribution in [0.3, 0.4) is 0 Å². The van der Waals surface area contributed by atoms with Gasteiger partial charge in [-0.25, -0.2) is 0 Å². The quantitative estimate of drug-likeness (QED) is 0.864. The third-order valence-corrected chi connectivity index (χ3v) is 3.68. The van der Waals surface area contributed by atoms with Gasteiger partial charge in [-0.1, -0.05) is 18.5 Å². The maximum Gasteiger partial charge on any atom is 0.242 e. The second kappa shape index (κ2) is 5.61. The molecular formula is C14H17ClN2O2. The molecule has 4 nitrogen and oxygen atoms in total. The van der Waals surface area contributed by atoms with Crippen molar-refractivity contribution in [3.8, 4) is 0 Å². The van der Waals surface area contributed by atoms with Crippen LogP contribution in [0.25, 0.3) is 0 Å². The van der Waals surface area contributed by atoms with Gasteiger partial charge < -0.3 is 10.2 Å². The average molecular weight is 281 g/mol. The summed E-state index contributed by atoms with van der Waals surface area (Å²) in [7, 11) is 0. The Morgan fingerprint density at radius 2 is 2.26 bits per heavy atom. The zero-order chi connectivity index (χ0) is 14.0. The van der Waals surface area contributed by atoms with E-state index in [9.17, 15) is 9.59 Å². The Kier molecular flexibility index (Phi) is 4.10. The normalized spacial score (nSPS) is 19.2. The molecule has 1 aromatic carbocycles. The van der Waals surface area contributed by atoms with Crippen molar-refractivity contribution in [2.45, 2.75) is 26.3 Å². The van der Waals surface area contributed by atoms with Crippen molar-refractivity contribution in [3.05, 3.63) is 28.8 Å². The number of piperazine rings is 1. The lowest BCUT2D eigenvalue weighted by Crippen LogP contribution is -2.55. The summed E-state index contributed by atoms with van der Waals surface area (Å²) in [6.45, 7) is 4.82. The van der Waals surface area contributed by atoms with E-state index in [2.05, 4.69) is 5.32 Å². The second-order valence-corrected chi connectivity index (χ2v) is 5.04. The van der Waals surface area contributed by atoms with Crippen LogP contribution in [0, 0.1) is 0 Å². The Hall–Kier alpha value is -1.55. The molecule has 0 aromatic heterocycles. The summed E-state index contributed by atoms with van der Waals surface area (Å²) in [5.41, 5.74) is 1.40. The molecule has 1 amide bonds. The number of carbonyl (C=O) groups is 2. The van der Waals surface area contributed by atoms with Crippen molar-refractivity contribution in [1.82, 2.24) is 5.32 Å². The van der Waals surface area contributed by atoms with Crippen molar-refractivity contribution in [2.24, 2.45) is 0 Å². The van der Waals surface area contributed by atoms with Gasteiger partial charge in [0.2, 0.25) is 5.91 Å². The Balaban J connectivity index is 2.35. The molecule has 1 aromatic rings. The predicted molar refractivity (Wildman–Crippen MR) is 75.9 cm³/mol. The molecule has 5 heteroatoms. The SMILES string of the molecule is CCC1C(=O)NCCN1c1ccc(C(C)=O)cc1Cl. The summed E-state index contributed by atoms with van der Waals surface area (Å²) in [6.07, 6.45) is 0.719. The molecule has 0 bridgehead atoms. The summed E-state index contributed by atoms with van der Waals surface area (Å²) >= 11 is 6.25. The van der Waals surface area contributed by atoms with Crippen LogP contribution in [0.5, 0.6) is 0 Å². The number of nitrogens with one attached hydrogen (secondary N) is 1. The molecule has 1 aliphatic rings. The summed E-state index contributed by atoms with van der Waals surface area (Å²) in [5, 5.41) is 3.37. The fourth-order valence-corrected chi connectivity index (χ4v) is 2.66. The van der Waals surface area contributed by atoms with Gasteiger partial charge in [0.05, 0.1) is 10.7 Å². The van der Waals surface area contributed by atoms with E-state index in [1.54, 1.807) is 12.1 Å². The number of amides is 1. The molecule has 1 N–H and O–H groups in total. The molecule has 1 unspecified atom stereocenters. The molecule has 1 aliphatic heterocycles. The van der Waals surface area contributed by atoms with Gasteiger partial charge in [0.15, 0.2) is 5.78 Å². The highest BCUT2D eigenvalue weighted by Gasteiger charge is 2.29. The lowest BCUT2D eigenvalue weighted by molar-refractivity contribution is -0.123. The largest absolute Gasteiger partial charge is 0.357 e. The number of rotatable bonds is 3. The van der Waals surface area contributed by atoms with E-state index in [-0.39, 0.29) is 17.7 Å². The molecule has 1 atom stereocenters. The Morgan fingerprint density at radius 1 is 1.53 bits per heavy atom. The van der Waals surface area contributed by atoms with Gasteiger partial charge in [0.1, 0.15) is 6.04 Å².